The van der Waals surface area contributed by atoms with Crippen LogP contribution >= 0.6 is 31.9 Å². The van der Waals surface area contributed by atoms with Gasteiger partial charge in [0.05, 0.1) is 0 Å². The standard InChI is InChI=1S/C10H10Br2O2/c1-2-8-3-9(13-6-11)5-10(4-8)14-7-12/h2-5H,1,6-7H2. The molecule has 0 saturated carbocycles. The molecule has 0 aromatic heterocycles. The molecule has 0 saturated heterocycles. The fraction of sp³-hybridized carbons (Fsp3) is 0.200. The number of hydrogen-bond donors (Lipinski definition) is 0. The summed E-state index contributed by atoms with van der Waals surface area (Å²) in [7, 11) is 0. The van der Waals surface area contributed by atoms with Gasteiger partial charge in [0.15, 0.2) is 0 Å². The van der Waals surface area contributed by atoms with Crippen LogP contribution in [0.2, 0.25) is 0 Å². The van der Waals surface area contributed by atoms with Crippen molar-refractivity contribution in [3.63, 3.8) is 0 Å². The summed E-state index contributed by atoms with van der Waals surface area (Å²) in [4.78, 5) is 0. The van der Waals surface area contributed by atoms with E-state index in [0.29, 0.717) is 11.0 Å². The van der Waals surface area contributed by atoms with Crippen LogP contribution in [0.15, 0.2) is 24.8 Å². The van der Waals surface area contributed by atoms with Crippen molar-refractivity contribution < 1.29 is 9.47 Å². The quantitative estimate of drug-likeness (QED) is 0.768. The zero-order valence-electron chi connectivity index (χ0n) is 7.50. The fourth-order valence-electron chi connectivity index (χ4n) is 1.00. The second kappa shape index (κ2) is 6.09. The van der Waals surface area contributed by atoms with Crippen molar-refractivity contribution in [1.29, 1.82) is 0 Å². The number of benzene rings is 1. The van der Waals surface area contributed by atoms with Crippen LogP contribution < -0.4 is 9.47 Å². The molecule has 0 bridgehead atoms. The molecule has 0 radical (unpaired) electrons. The summed E-state index contributed by atoms with van der Waals surface area (Å²) in [5.74, 6) is 1.52. The highest BCUT2D eigenvalue weighted by molar-refractivity contribution is 9.09. The molecule has 0 aliphatic rings. The van der Waals surface area contributed by atoms with Crippen molar-refractivity contribution in [1.82, 2.24) is 0 Å². The first-order valence-corrected chi connectivity index (χ1v) is 6.19. The maximum Gasteiger partial charge on any atom is 0.143 e. The minimum Gasteiger partial charge on any atom is -0.482 e. The monoisotopic (exact) mass is 320 g/mol. The summed E-state index contributed by atoms with van der Waals surface area (Å²) in [6, 6.07) is 5.63. The van der Waals surface area contributed by atoms with Gasteiger partial charge < -0.3 is 9.47 Å². The Morgan fingerprint density at radius 1 is 1.07 bits per heavy atom. The summed E-state index contributed by atoms with van der Waals surface area (Å²) in [5, 5.41) is 0. The average Bonchev–Trinajstić information content (AvgIpc) is 2.18. The van der Waals surface area contributed by atoms with Crippen LogP contribution in [0.25, 0.3) is 6.08 Å². The average molecular weight is 322 g/mol. The van der Waals surface area contributed by atoms with Gasteiger partial charge in [-0.25, -0.2) is 0 Å². The van der Waals surface area contributed by atoms with E-state index in [1.807, 2.05) is 18.2 Å². The zero-order chi connectivity index (χ0) is 10.4. The van der Waals surface area contributed by atoms with E-state index in [9.17, 15) is 0 Å². The lowest BCUT2D eigenvalue weighted by molar-refractivity contribution is 0.378. The molecule has 0 spiro atoms. The lowest BCUT2D eigenvalue weighted by Crippen LogP contribution is -1.93. The minimum atomic E-state index is 0.460. The van der Waals surface area contributed by atoms with E-state index in [1.165, 1.54) is 0 Å². The van der Waals surface area contributed by atoms with Crippen LogP contribution in [-0.2, 0) is 0 Å². The number of alkyl halides is 2. The molecule has 0 N–H and O–H groups in total. The Labute approximate surface area is 100 Å². The SMILES string of the molecule is C=Cc1cc(OCBr)cc(OCBr)c1. The Bertz CT molecular complexity index is 289. The maximum atomic E-state index is 5.31. The number of halogens is 2. The predicted octanol–water partition coefficient (Wildman–Crippen LogP) is 3.79. The Hall–Kier alpha value is -0.480. The summed E-state index contributed by atoms with van der Waals surface area (Å²) >= 11 is 6.40. The highest BCUT2D eigenvalue weighted by Crippen LogP contribution is 2.24. The molecule has 14 heavy (non-hydrogen) atoms. The van der Waals surface area contributed by atoms with Gasteiger partial charge in [0.25, 0.3) is 0 Å². The summed E-state index contributed by atoms with van der Waals surface area (Å²) < 4.78 is 10.6. The molecule has 0 amide bonds. The van der Waals surface area contributed by atoms with Crippen molar-refractivity contribution in [3.05, 3.63) is 30.3 Å². The molecule has 0 atom stereocenters. The van der Waals surface area contributed by atoms with Crippen LogP contribution in [0.5, 0.6) is 11.5 Å². The summed E-state index contributed by atoms with van der Waals surface area (Å²) in [5.41, 5.74) is 1.89. The molecule has 1 rings (SSSR count). The molecule has 0 aliphatic carbocycles. The Kier molecular flexibility index (Phi) is 5.04. The third kappa shape index (κ3) is 3.35. The van der Waals surface area contributed by atoms with E-state index >= 15 is 0 Å². The molecule has 0 aliphatic heterocycles. The third-order valence-corrected chi connectivity index (χ3v) is 2.04. The van der Waals surface area contributed by atoms with Gasteiger partial charge in [0.1, 0.15) is 22.5 Å². The topological polar surface area (TPSA) is 18.5 Å². The first kappa shape index (κ1) is 11.6. The van der Waals surface area contributed by atoms with Crippen molar-refractivity contribution >= 4 is 37.9 Å². The molecule has 76 valence electrons. The van der Waals surface area contributed by atoms with Crippen LogP contribution in [-0.4, -0.2) is 11.0 Å². The van der Waals surface area contributed by atoms with Crippen LogP contribution in [0.1, 0.15) is 5.56 Å². The predicted molar refractivity (Wildman–Crippen MR) is 65.4 cm³/mol. The van der Waals surface area contributed by atoms with Crippen molar-refractivity contribution in [3.8, 4) is 11.5 Å². The molecule has 0 heterocycles. The molecule has 1 aromatic carbocycles. The Morgan fingerprint density at radius 3 is 1.93 bits per heavy atom. The van der Waals surface area contributed by atoms with Gasteiger partial charge in [0.2, 0.25) is 0 Å². The minimum absolute atomic E-state index is 0.460. The van der Waals surface area contributed by atoms with E-state index in [1.54, 1.807) is 6.08 Å². The van der Waals surface area contributed by atoms with E-state index in [2.05, 4.69) is 38.4 Å². The molecule has 1 aromatic rings. The van der Waals surface area contributed by atoms with E-state index in [0.717, 1.165) is 17.1 Å². The Morgan fingerprint density at radius 2 is 1.57 bits per heavy atom. The van der Waals surface area contributed by atoms with Crippen molar-refractivity contribution in [2.75, 3.05) is 11.0 Å². The van der Waals surface area contributed by atoms with Gasteiger partial charge in [-0.3, -0.25) is 0 Å². The molecule has 0 unspecified atom stereocenters. The fourth-order valence-corrected chi connectivity index (χ4v) is 1.53. The van der Waals surface area contributed by atoms with Crippen molar-refractivity contribution in [2.45, 2.75) is 0 Å². The molecule has 2 nitrogen and oxygen atoms in total. The lowest BCUT2D eigenvalue weighted by Gasteiger charge is -2.07. The second-order valence-electron chi connectivity index (χ2n) is 2.45. The highest BCUT2D eigenvalue weighted by Gasteiger charge is 2.00. The van der Waals surface area contributed by atoms with Crippen molar-refractivity contribution in [2.24, 2.45) is 0 Å². The van der Waals surface area contributed by atoms with E-state index in [-0.39, 0.29) is 0 Å². The van der Waals surface area contributed by atoms with Gasteiger partial charge in [-0.2, -0.15) is 0 Å². The van der Waals surface area contributed by atoms with Gasteiger partial charge in [-0.15, -0.1) is 0 Å². The number of rotatable bonds is 5. The van der Waals surface area contributed by atoms with Crippen LogP contribution in [0.3, 0.4) is 0 Å². The van der Waals surface area contributed by atoms with E-state index in [4.69, 9.17) is 9.47 Å². The molecule has 4 heteroatoms. The van der Waals surface area contributed by atoms with Gasteiger partial charge >= 0.3 is 0 Å². The zero-order valence-corrected chi connectivity index (χ0v) is 10.7. The maximum absolute atomic E-state index is 5.31. The summed E-state index contributed by atoms with van der Waals surface area (Å²) in [6.45, 7) is 3.70. The number of hydrogen-bond acceptors (Lipinski definition) is 2. The van der Waals surface area contributed by atoms with Crippen LogP contribution in [0, 0.1) is 0 Å². The van der Waals surface area contributed by atoms with Gasteiger partial charge in [0, 0.05) is 6.07 Å². The molecule has 0 fully saturated rings. The first-order valence-electron chi connectivity index (χ1n) is 3.95. The largest absolute Gasteiger partial charge is 0.482 e. The first-order chi connectivity index (χ1) is 6.80. The molecular weight excluding hydrogens is 312 g/mol. The second-order valence-corrected chi connectivity index (χ2v) is 3.36. The van der Waals surface area contributed by atoms with Crippen LogP contribution in [0.4, 0.5) is 0 Å². The third-order valence-electron chi connectivity index (χ3n) is 1.58. The van der Waals surface area contributed by atoms with E-state index < -0.39 is 0 Å². The summed E-state index contributed by atoms with van der Waals surface area (Å²) in [6.07, 6.45) is 1.75. The molecular formula is C10H10Br2O2. The highest BCUT2D eigenvalue weighted by atomic mass is 79.9. The normalized spacial score (nSPS) is 9.57. The lowest BCUT2D eigenvalue weighted by atomic mass is 10.2. The van der Waals surface area contributed by atoms with Gasteiger partial charge in [-0.1, -0.05) is 12.7 Å². The Balaban J connectivity index is 2.94. The van der Waals surface area contributed by atoms with Gasteiger partial charge in [-0.05, 0) is 49.6 Å². The number of ether oxygens (including phenoxy) is 2. The smallest absolute Gasteiger partial charge is 0.143 e.